The Bertz CT molecular complexity index is 2510. The molecule has 0 aromatic rings. The molecule has 29 nitrogen and oxygen atoms in total. The minimum absolute atomic E-state index is 0.113. The number of hydrogen-bond donors (Lipinski definition) is 4. The van der Waals surface area contributed by atoms with Crippen molar-refractivity contribution < 1.29 is 119 Å². The summed E-state index contributed by atoms with van der Waals surface area (Å²) in [4.78, 5) is 145. The molecule has 29 heteroatoms. The van der Waals surface area contributed by atoms with E-state index in [4.69, 9.17) is 56.8 Å². The van der Waals surface area contributed by atoms with Gasteiger partial charge in [-0.2, -0.15) is 0 Å². The summed E-state index contributed by atoms with van der Waals surface area (Å²) in [5, 5.41) is 11.1. The summed E-state index contributed by atoms with van der Waals surface area (Å²) < 4.78 is 68.0. The zero-order chi connectivity index (χ0) is 69.6. The molecule has 4 atom stereocenters. The molecule has 0 aromatic heterocycles. The predicted molar refractivity (Wildman–Crippen MR) is 327 cm³/mol. The van der Waals surface area contributed by atoms with Crippen LogP contribution < -0.4 is 21.3 Å². The number of methoxy groups -OCH3 is 2. The second kappa shape index (κ2) is 40.5. The predicted octanol–water partition coefficient (Wildman–Crippen LogP) is 5.48. The minimum atomic E-state index is -1.57. The molecule has 2 fully saturated rings. The van der Waals surface area contributed by atoms with Gasteiger partial charge in [0.05, 0.1) is 38.3 Å². The Morgan fingerprint density at radius 1 is 0.380 bits per heavy atom. The van der Waals surface area contributed by atoms with E-state index in [1.54, 1.807) is 0 Å². The number of nitrogens with one attached hydrogen (secondary N) is 4. The molecule has 0 saturated heterocycles. The van der Waals surface area contributed by atoms with Crippen molar-refractivity contribution in [1.29, 1.82) is 0 Å². The summed E-state index contributed by atoms with van der Waals surface area (Å²) in [6.45, 7) is 29.7. The van der Waals surface area contributed by atoms with E-state index in [9.17, 15) is 57.5 Å². The van der Waals surface area contributed by atoms with Gasteiger partial charge in [-0.1, -0.05) is 86.7 Å². The first kappa shape index (κ1) is 80.7. The first-order chi connectivity index (χ1) is 43.3. The highest BCUT2D eigenvalue weighted by atomic mass is 16.6. The zero-order valence-corrected chi connectivity index (χ0v) is 53.5. The minimum Gasteiger partial charge on any atom is -0.462 e. The molecular formula is C63H90N4O25. The SMILES string of the molecule is C=CC(=O)OCC(COC(=O)C=C)(COC(=O)C=C)COC(=O)NCC1(C)CC(NC(=O)OC)CC(C)(C)C1.C=CC(=O)OCC(COCC(COC(=O)C=C)(COC(=O)C=C)COC(=O)NC1CCCC(C)(CNC(=O)OC)C1)(COC(=O)C=C)COC(=O)C=C. The molecule has 0 radical (unpaired) electrons. The first-order valence-corrected chi connectivity index (χ1v) is 28.7. The maximum atomic E-state index is 13.2. The van der Waals surface area contributed by atoms with Crippen LogP contribution in [0.25, 0.3) is 0 Å². The average molecular weight is 1300 g/mol. The number of rotatable bonds is 38. The van der Waals surface area contributed by atoms with E-state index >= 15 is 0 Å². The van der Waals surface area contributed by atoms with E-state index < -0.39 is 168 Å². The molecule has 4 amide bonds. The van der Waals surface area contributed by atoms with Gasteiger partial charge in [0.25, 0.3) is 0 Å². The normalized spacial score (nSPS) is 18.0. The third-order valence-corrected chi connectivity index (χ3v) is 14.2. The monoisotopic (exact) mass is 1300 g/mol. The van der Waals surface area contributed by atoms with Crippen molar-refractivity contribution in [2.75, 3.05) is 107 Å². The van der Waals surface area contributed by atoms with Gasteiger partial charge in [0.15, 0.2) is 0 Å². The molecule has 2 aliphatic carbocycles. The number of amides is 4. The molecule has 0 aliphatic heterocycles. The summed E-state index contributed by atoms with van der Waals surface area (Å²) in [5.41, 5.74) is -5.36. The van der Waals surface area contributed by atoms with Crippen LogP contribution in [0.15, 0.2) is 101 Å². The number of alkyl carbamates (subject to hydrolysis) is 4. The molecule has 0 aromatic carbocycles. The second-order valence-electron chi connectivity index (χ2n) is 23.5. The number of ether oxygens (including phenoxy) is 13. The summed E-state index contributed by atoms with van der Waals surface area (Å²) in [5.74, 6) is -6.59. The van der Waals surface area contributed by atoms with E-state index in [0.29, 0.717) is 25.8 Å². The van der Waals surface area contributed by atoms with Gasteiger partial charge in [0, 0.05) is 73.8 Å². The van der Waals surface area contributed by atoms with Crippen molar-refractivity contribution in [3.63, 3.8) is 0 Å². The van der Waals surface area contributed by atoms with Crippen LogP contribution in [-0.4, -0.2) is 191 Å². The lowest BCUT2D eigenvalue weighted by molar-refractivity contribution is -0.168. The summed E-state index contributed by atoms with van der Waals surface area (Å²) in [6, 6.07) is -0.464. The Balaban J connectivity index is 0.000000964. The van der Waals surface area contributed by atoms with Crippen LogP contribution in [0.2, 0.25) is 0 Å². The summed E-state index contributed by atoms with van der Waals surface area (Å²) >= 11 is 0. The highest BCUT2D eigenvalue weighted by Crippen LogP contribution is 2.46. The van der Waals surface area contributed by atoms with Crippen LogP contribution in [0.1, 0.15) is 72.6 Å². The quantitative estimate of drug-likeness (QED) is 0.0338. The lowest BCUT2D eigenvalue weighted by Gasteiger charge is -2.46. The Hall–Kier alpha value is -9.28. The van der Waals surface area contributed by atoms with Crippen LogP contribution in [-0.2, 0) is 99.9 Å². The Labute approximate surface area is 535 Å². The van der Waals surface area contributed by atoms with Crippen molar-refractivity contribution in [1.82, 2.24) is 21.3 Å². The molecule has 0 heterocycles. The molecular weight excluding hydrogens is 1210 g/mol. The Morgan fingerprint density at radius 3 is 1.02 bits per heavy atom. The van der Waals surface area contributed by atoms with Crippen LogP contribution in [0, 0.1) is 32.5 Å². The fourth-order valence-electron chi connectivity index (χ4n) is 9.79. The highest BCUT2D eigenvalue weighted by Gasteiger charge is 2.44. The lowest BCUT2D eigenvalue weighted by Crippen LogP contribution is -2.50. The third kappa shape index (κ3) is 31.9. The van der Waals surface area contributed by atoms with Gasteiger partial charge in [-0.3, -0.25) is 0 Å². The zero-order valence-electron chi connectivity index (χ0n) is 53.5. The topological polar surface area (TPSA) is 373 Å². The summed E-state index contributed by atoms with van der Waals surface area (Å²) in [6.07, 6.45) is 9.34. The van der Waals surface area contributed by atoms with Crippen molar-refractivity contribution in [2.24, 2.45) is 32.5 Å². The Morgan fingerprint density at radius 2 is 0.674 bits per heavy atom. The lowest BCUT2D eigenvalue weighted by atomic mass is 9.62. The van der Waals surface area contributed by atoms with Gasteiger partial charge < -0.3 is 82.8 Å². The molecule has 512 valence electrons. The van der Waals surface area contributed by atoms with Crippen LogP contribution in [0.4, 0.5) is 19.2 Å². The molecule has 0 spiro atoms. The van der Waals surface area contributed by atoms with Crippen molar-refractivity contribution in [2.45, 2.75) is 84.7 Å². The number of carbonyl (C=O) groups excluding carboxylic acids is 12. The average Bonchev–Trinajstić information content (AvgIpc) is 1.06. The molecule has 4 N–H and O–H groups in total. The summed E-state index contributed by atoms with van der Waals surface area (Å²) in [7, 11) is 2.56. The van der Waals surface area contributed by atoms with Crippen LogP contribution >= 0.6 is 0 Å². The maximum Gasteiger partial charge on any atom is 0.407 e. The van der Waals surface area contributed by atoms with Gasteiger partial charge in [-0.05, 0) is 54.8 Å². The smallest absolute Gasteiger partial charge is 0.407 e. The van der Waals surface area contributed by atoms with Crippen LogP contribution in [0.5, 0.6) is 0 Å². The van der Waals surface area contributed by atoms with E-state index in [1.165, 1.54) is 14.2 Å². The number of carbonyl (C=O) groups is 12. The Kier molecular flexibility index (Phi) is 35.5. The largest absolute Gasteiger partial charge is 0.462 e. The fourth-order valence-corrected chi connectivity index (χ4v) is 9.79. The standard InChI is InChI=1S/C36H50N2O15.C27H40N2O10/c1-8-27(39)48-20-35(21-49-28(40)9-2,22-50-29(41)10-3)18-47-19-36(23-51-30(42)11-4,24-52-31(43)12-5)25-53-33(45)38-26-14-13-15-34(6,16-26)17-37-32(44)46-7;1-8-20(30)36-15-27(16-37-21(31)9-2,17-38-22(32)10-3)18-39-23(33)28-14-26(6)12-19(29-24(34)35-7)11-25(4,5)13-26/h8-12,26H,1-5,13-25H2,6-7H3,(H,37,44)(H,38,45);8-10,19H,1-3,11-18H2,4-7H3,(H,28,33)(H,29,34). The van der Waals surface area contributed by atoms with E-state index in [-0.39, 0.29) is 34.9 Å². The van der Waals surface area contributed by atoms with Crippen molar-refractivity contribution in [3.05, 3.63) is 101 Å². The van der Waals surface area contributed by atoms with Crippen molar-refractivity contribution >= 4 is 72.1 Å². The first-order valence-electron chi connectivity index (χ1n) is 28.7. The molecule has 0 bridgehead atoms. The number of hydrogen-bond acceptors (Lipinski definition) is 25. The number of esters is 8. The molecule has 2 rings (SSSR count). The van der Waals surface area contributed by atoms with Gasteiger partial charge >= 0.3 is 72.1 Å². The van der Waals surface area contributed by atoms with E-state index in [1.807, 2.05) is 13.8 Å². The van der Waals surface area contributed by atoms with Crippen LogP contribution in [0.3, 0.4) is 0 Å². The maximum absolute atomic E-state index is 13.2. The molecule has 2 saturated carbocycles. The van der Waals surface area contributed by atoms with E-state index in [2.05, 4.69) is 92.5 Å². The van der Waals surface area contributed by atoms with Gasteiger partial charge in [0.1, 0.15) is 71.5 Å². The second-order valence-corrected chi connectivity index (χ2v) is 23.5. The van der Waals surface area contributed by atoms with Gasteiger partial charge in [-0.25, -0.2) is 57.5 Å². The van der Waals surface area contributed by atoms with Crippen molar-refractivity contribution in [3.8, 4) is 0 Å². The third-order valence-electron chi connectivity index (χ3n) is 14.2. The highest BCUT2D eigenvalue weighted by molar-refractivity contribution is 5.84. The molecule has 92 heavy (non-hydrogen) atoms. The molecule has 2 aliphatic rings. The fraction of sp³-hybridized carbons (Fsp3) is 0.556. The van der Waals surface area contributed by atoms with Gasteiger partial charge in [-0.15, -0.1) is 0 Å². The van der Waals surface area contributed by atoms with E-state index in [0.717, 1.165) is 74.3 Å². The van der Waals surface area contributed by atoms with Gasteiger partial charge in [0.2, 0.25) is 0 Å². The molecule has 4 unspecified atom stereocenters.